The normalized spacial score (nSPS) is 16.7. The second kappa shape index (κ2) is 10.3. The van der Waals surface area contributed by atoms with E-state index in [1.54, 1.807) is 4.52 Å². The van der Waals surface area contributed by atoms with Crippen LogP contribution in [0.1, 0.15) is 35.7 Å². The number of aromatic nitrogens is 3. The minimum Gasteiger partial charge on any atom is -0.349 e. The molecule has 8 nitrogen and oxygen atoms in total. The van der Waals surface area contributed by atoms with E-state index in [0.29, 0.717) is 17.6 Å². The number of nitrogens with one attached hydrogen (secondary N) is 2. The summed E-state index contributed by atoms with van der Waals surface area (Å²) >= 11 is 0. The Bertz CT molecular complexity index is 1370. The summed E-state index contributed by atoms with van der Waals surface area (Å²) in [4.78, 5) is 22.0. The molecule has 0 bridgehead atoms. The zero-order valence-corrected chi connectivity index (χ0v) is 21.2. The highest BCUT2D eigenvalue weighted by atomic mass is 16.1. The predicted molar refractivity (Wildman–Crippen MR) is 146 cm³/mol. The molecule has 1 aliphatic carbocycles. The smallest absolute Gasteiger partial charge is 0.251 e. The molecule has 2 aromatic heterocycles. The number of carbonyl (C=O) groups excluding carboxylic acids is 1. The lowest BCUT2D eigenvalue weighted by Crippen LogP contribution is -2.45. The molecule has 4 aromatic rings. The molecule has 1 aliphatic heterocycles. The molecule has 0 radical (unpaired) electrons. The molecular formula is C29H33N7O. The van der Waals surface area contributed by atoms with Gasteiger partial charge in [-0.1, -0.05) is 31.2 Å². The molecule has 1 amide bonds. The number of pyridine rings is 1. The summed E-state index contributed by atoms with van der Waals surface area (Å²) in [6.07, 6.45) is 4.06. The maximum absolute atomic E-state index is 12.2. The van der Waals surface area contributed by atoms with Crippen LogP contribution >= 0.6 is 0 Å². The number of hydrogen-bond acceptors (Lipinski definition) is 6. The van der Waals surface area contributed by atoms with Crippen molar-refractivity contribution in [3.05, 3.63) is 78.0 Å². The SMILES string of the molecule is CCN1CCN(Cc2ccc(-c3cccn4nc(Nc5ccc(C(=O)NC6CC6)cc5)nc34)cc2)CC1. The molecule has 0 unspecified atom stereocenters. The van der Waals surface area contributed by atoms with Crippen LogP contribution in [0.2, 0.25) is 0 Å². The van der Waals surface area contributed by atoms with Crippen molar-refractivity contribution in [2.24, 2.45) is 0 Å². The molecule has 1 saturated carbocycles. The summed E-state index contributed by atoms with van der Waals surface area (Å²) in [5.74, 6) is 0.500. The number of benzene rings is 2. The van der Waals surface area contributed by atoms with E-state index in [9.17, 15) is 4.79 Å². The molecule has 6 rings (SSSR count). The molecule has 0 atom stereocenters. The fraction of sp³-hybridized carbons (Fsp3) is 0.345. The third-order valence-electron chi connectivity index (χ3n) is 7.26. The van der Waals surface area contributed by atoms with E-state index in [0.717, 1.165) is 74.6 Å². The Morgan fingerprint density at radius 3 is 2.38 bits per heavy atom. The van der Waals surface area contributed by atoms with E-state index in [4.69, 9.17) is 4.98 Å². The fourth-order valence-corrected chi connectivity index (χ4v) is 4.83. The maximum Gasteiger partial charge on any atom is 0.251 e. The summed E-state index contributed by atoms with van der Waals surface area (Å²) in [6.45, 7) is 8.92. The molecular weight excluding hydrogens is 462 g/mol. The third kappa shape index (κ3) is 5.50. The van der Waals surface area contributed by atoms with Gasteiger partial charge in [0.25, 0.3) is 5.91 Å². The van der Waals surface area contributed by atoms with Crippen LogP contribution < -0.4 is 10.6 Å². The Labute approximate surface area is 217 Å². The van der Waals surface area contributed by atoms with E-state index >= 15 is 0 Å². The van der Waals surface area contributed by atoms with Gasteiger partial charge in [0.2, 0.25) is 5.95 Å². The quantitative estimate of drug-likeness (QED) is 0.382. The molecule has 190 valence electrons. The highest BCUT2D eigenvalue weighted by Gasteiger charge is 2.23. The number of piperazine rings is 1. The van der Waals surface area contributed by atoms with Crippen molar-refractivity contribution < 1.29 is 4.79 Å². The van der Waals surface area contributed by atoms with E-state index in [1.165, 1.54) is 5.56 Å². The highest BCUT2D eigenvalue weighted by Crippen LogP contribution is 2.26. The fourth-order valence-electron chi connectivity index (χ4n) is 4.83. The number of hydrogen-bond donors (Lipinski definition) is 2. The molecule has 37 heavy (non-hydrogen) atoms. The third-order valence-corrected chi connectivity index (χ3v) is 7.26. The first kappa shape index (κ1) is 23.6. The zero-order chi connectivity index (χ0) is 25.2. The second-order valence-electron chi connectivity index (χ2n) is 9.98. The molecule has 2 fully saturated rings. The van der Waals surface area contributed by atoms with Gasteiger partial charge in [0, 0.05) is 61.8 Å². The van der Waals surface area contributed by atoms with Gasteiger partial charge in [-0.05, 0) is 66.9 Å². The van der Waals surface area contributed by atoms with E-state index in [-0.39, 0.29) is 5.91 Å². The van der Waals surface area contributed by atoms with Gasteiger partial charge in [-0.25, -0.2) is 4.52 Å². The Hall–Kier alpha value is -3.75. The Balaban J connectivity index is 1.14. The topological polar surface area (TPSA) is 77.8 Å². The molecule has 2 aromatic carbocycles. The van der Waals surface area contributed by atoms with E-state index in [2.05, 4.69) is 62.8 Å². The molecule has 8 heteroatoms. The van der Waals surface area contributed by atoms with Crippen molar-refractivity contribution in [1.82, 2.24) is 29.7 Å². The summed E-state index contributed by atoms with van der Waals surface area (Å²) < 4.78 is 1.80. The van der Waals surface area contributed by atoms with Crippen LogP contribution in [-0.2, 0) is 6.54 Å². The van der Waals surface area contributed by atoms with Gasteiger partial charge in [-0.2, -0.15) is 4.98 Å². The number of fused-ring (bicyclic) bond motifs is 1. The van der Waals surface area contributed by atoms with Crippen molar-refractivity contribution in [3.8, 4) is 11.1 Å². The standard InChI is InChI=1S/C29H33N7O/c1-2-34-16-18-35(19-17-34)20-21-5-7-22(8-6-21)26-4-3-15-36-27(26)32-29(33-36)31-25-11-9-23(10-12-25)28(37)30-24-13-14-24/h3-12,15,24H,2,13-14,16-20H2,1H3,(H,30,37)(H,31,33). The summed E-state index contributed by atoms with van der Waals surface area (Å²) in [6, 6.07) is 20.7. The van der Waals surface area contributed by atoms with Crippen molar-refractivity contribution in [2.75, 3.05) is 38.0 Å². The van der Waals surface area contributed by atoms with Gasteiger partial charge in [-0.15, -0.1) is 5.10 Å². The van der Waals surface area contributed by atoms with Gasteiger partial charge in [0.05, 0.1) is 0 Å². The number of anilines is 2. The molecule has 0 spiro atoms. The van der Waals surface area contributed by atoms with Crippen LogP contribution in [0.5, 0.6) is 0 Å². The van der Waals surface area contributed by atoms with Gasteiger partial charge in [0.1, 0.15) is 0 Å². The maximum atomic E-state index is 12.2. The van der Waals surface area contributed by atoms with E-state index < -0.39 is 0 Å². The van der Waals surface area contributed by atoms with Crippen molar-refractivity contribution in [3.63, 3.8) is 0 Å². The first-order valence-corrected chi connectivity index (χ1v) is 13.2. The number of amides is 1. The number of rotatable bonds is 8. The predicted octanol–water partition coefficient (Wildman–Crippen LogP) is 4.17. The first-order valence-electron chi connectivity index (χ1n) is 13.2. The lowest BCUT2D eigenvalue weighted by Gasteiger charge is -2.34. The first-order chi connectivity index (χ1) is 18.1. The Morgan fingerprint density at radius 1 is 0.946 bits per heavy atom. The van der Waals surface area contributed by atoms with Crippen LogP contribution in [0.3, 0.4) is 0 Å². The van der Waals surface area contributed by atoms with Crippen LogP contribution in [0.4, 0.5) is 11.6 Å². The summed E-state index contributed by atoms with van der Waals surface area (Å²) in [7, 11) is 0. The average Bonchev–Trinajstić information content (AvgIpc) is 3.65. The highest BCUT2D eigenvalue weighted by molar-refractivity contribution is 5.95. The Morgan fingerprint density at radius 2 is 1.68 bits per heavy atom. The number of carbonyl (C=O) groups is 1. The second-order valence-corrected chi connectivity index (χ2v) is 9.98. The largest absolute Gasteiger partial charge is 0.349 e. The van der Waals surface area contributed by atoms with Gasteiger partial charge < -0.3 is 15.5 Å². The monoisotopic (exact) mass is 495 g/mol. The van der Waals surface area contributed by atoms with Crippen LogP contribution in [0.15, 0.2) is 66.9 Å². The number of nitrogens with zero attached hydrogens (tertiary/aromatic N) is 5. The van der Waals surface area contributed by atoms with Gasteiger partial charge >= 0.3 is 0 Å². The lowest BCUT2D eigenvalue weighted by atomic mass is 10.0. The zero-order valence-electron chi connectivity index (χ0n) is 21.2. The minimum absolute atomic E-state index is 0.0189. The van der Waals surface area contributed by atoms with E-state index in [1.807, 2.05) is 36.5 Å². The van der Waals surface area contributed by atoms with Gasteiger partial charge in [-0.3, -0.25) is 9.69 Å². The molecule has 2 N–H and O–H groups in total. The van der Waals surface area contributed by atoms with Crippen molar-refractivity contribution in [2.45, 2.75) is 32.4 Å². The van der Waals surface area contributed by atoms with Crippen molar-refractivity contribution in [1.29, 1.82) is 0 Å². The summed E-state index contributed by atoms with van der Waals surface area (Å²) in [5, 5.41) is 10.9. The minimum atomic E-state index is -0.0189. The van der Waals surface area contributed by atoms with Crippen molar-refractivity contribution >= 4 is 23.2 Å². The van der Waals surface area contributed by atoms with Crippen LogP contribution in [0.25, 0.3) is 16.8 Å². The number of likely N-dealkylation sites (N-methyl/N-ethyl adjacent to an activating group) is 1. The lowest BCUT2D eigenvalue weighted by molar-refractivity contribution is 0.0951. The van der Waals surface area contributed by atoms with Gasteiger partial charge in [0.15, 0.2) is 5.65 Å². The summed E-state index contributed by atoms with van der Waals surface area (Å²) in [5.41, 5.74) is 5.79. The molecule has 3 heterocycles. The van der Waals surface area contributed by atoms with Crippen LogP contribution in [0, 0.1) is 0 Å². The molecule has 2 aliphatic rings. The molecule has 1 saturated heterocycles. The average molecular weight is 496 g/mol. The van der Waals surface area contributed by atoms with Crippen LogP contribution in [-0.4, -0.2) is 69.1 Å². The Kier molecular flexibility index (Phi) is 6.59.